The molecule has 0 unspecified atom stereocenters. The molecule has 0 spiro atoms. The Morgan fingerprint density at radius 2 is 1.88 bits per heavy atom. The van der Waals surface area contributed by atoms with E-state index in [1.54, 1.807) is 4.90 Å². The number of hydrogen-bond acceptors (Lipinski definition) is 6. The lowest BCUT2D eigenvalue weighted by Crippen LogP contribution is -2.40. The fourth-order valence-electron chi connectivity index (χ4n) is 3.59. The average Bonchev–Trinajstić information content (AvgIpc) is 3.32. The molecule has 1 aliphatic heterocycles. The minimum absolute atomic E-state index is 0.0130. The molecule has 1 aliphatic rings. The molecule has 32 heavy (non-hydrogen) atoms. The molecule has 168 valence electrons. The first-order valence-corrected chi connectivity index (χ1v) is 11.9. The standard InChI is InChI=1S/C25H29N3O3S/c1-20-8-10-22(11-9-20)31-18-24(29)28(13-5-12-27-14-16-30-17-15-27)25-26-23(19-32-25)21-6-3-2-4-7-21/h2-4,6-11,19H,5,12-18H2,1H3. The van der Waals surface area contributed by atoms with Gasteiger partial charge in [-0.1, -0.05) is 48.0 Å². The molecule has 2 aromatic carbocycles. The molecule has 0 bridgehead atoms. The number of carbonyl (C=O) groups is 1. The third-order valence-corrected chi connectivity index (χ3v) is 6.30. The molecule has 2 heterocycles. The number of carbonyl (C=O) groups excluding carboxylic acids is 1. The molecule has 0 N–H and O–H groups in total. The van der Waals surface area contributed by atoms with Gasteiger partial charge in [-0.25, -0.2) is 4.98 Å². The van der Waals surface area contributed by atoms with Crippen molar-refractivity contribution in [3.05, 3.63) is 65.5 Å². The zero-order valence-electron chi connectivity index (χ0n) is 18.4. The van der Waals surface area contributed by atoms with Crippen molar-refractivity contribution in [2.45, 2.75) is 13.3 Å². The number of thiazole rings is 1. The molecule has 0 atom stereocenters. The van der Waals surface area contributed by atoms with Crippen molar-refractivity contribution in [3.8, 4) is 17.0 Å². The van der Waals surface area contributed by atoms with Crippen LogP contribution in [0.5, 0.6) is 5.75 Å². The lowest BCUT2D eigenvalue weighted by Gasteiger charge is -2.27. The van der Waals surface area contributed by atoms with Gasteiger partial charge in [0.15, 0.2) is 11.7 Å². The molecule has 4 rings (SSSR count). The second-order valence-electron chi connectivity index (χ2n) is 7.84. The highest BCUT2D eigenvalue weighted by Gasteiger charge is 2.21. The van der Waals surface area contributed by atoms with Gasteiger partial charge in [-0.3, -0.25) is 14.6 Å². The highest BCUT2D eigenvalue weighted by atomic mass is 32.1. The van der Waals surface area contributed by atoms with Crippen molar-refractivity contribution < 1.29 is 14.3 Å². The monoisotopic (exact) mass is 451 g/mol. The number of rotatable bonds is 9. The quantitative estimate of drug-likeness (QED) is 0.487. The number of aromatic nitrogens is 1. The van der Waals surface area contributed by atoms with Gasteiger partial charge in [0, 0.05) is 37.1 Å². The maximum absolute atomic E-state index is 13.1. The van der Waals surface area contributed by atoms with E-state index >= 15 is 0 Å². The van der Waals surface area contributed by atoms with Crippen molar-refractivity contribution in [2.75, 3.05) is 50.9 Å². The molecule has 0 radical (unpaired) electrons. The van der Waals surface area contributed by atoms with E-state index in [1.165, 1.54) is 11.3 Å². The van der Waals surface area contributed by atoms with Gasteiger partial charge in [-0.05, 0) is 25.5 Å². The summed E-state index contributed by atoms with van der Waals surface area (Å²) in [6, 6.07) is 17.8. The van der Waals surface area contributed by atoms with Gasteiger partial charge in [0.05, 0.1) is 18.9 Å². The van der Waals surface area contributed by atoms with Crippen LogP contribution in [-0.2, 0) is 9.53 Å². The number of ether oxygens (including phenoxy) is 2. The molecule has 0 saturated carbocycles. The normalized spacial score (nSPS) is 14.3. The number of hydrogen-bond donors (Lipinski definition) is 0. The molecular weight excluding hydrogens is 422 g/mol. The molecule has 1 aromatic heterocycles. The van der Waals surface area contributed by atoms with Crippen LogP contribution in [-0.4, -0.2) is 61.8 Å². The van der Waals surface area contributed by atoms with E-state index in [0.29, 0.717) is 17.4 Å². The molecule has 7 heteroatoms. The highest BCUT2D eigenvalue weighted by Crippen LogP contribution is 2.28. The summed E-state index contributed by atoms with van der Waals surface area (Å²) >= 11 is 1.50. The number of nitrogens with zero attached hydrogens (tertiary/aromatic N) is 3. The minimum Gasteiger partial charge on any atom is -0.484 e. The summed E-state index contributed by atoms with van der Waals surface area (Å²) in [4.78, 5) is 22.1. The number of benzene rings is 2. The van der Waals surface area contributed by atoms with Crippen LogP contribution in [0.3, 0.4) is 0 Å². The summed E-state index contributed by atoms with van der Waals surface area (Å²) in [7, 11) is 0. The van der Waals surface area contributed by atoms with E-state index in [0.717, 1.165) is 56.1 Å². The van der Waals surface area contributed by atoms with Crippen molar-refractivity contribution in [1.82, 2.24) is 9.88 Å². The molecule has 1 saturated heterocycles. The summed E-state index contributed by atoms with van der Waals surface area (Å²) < 4.78 is 11.2. The largest absolute Gasteiger partial charge is 0.484 e. The van der Waals surface area contributed by atoms with Gasteiger partial charge in [0.2, 0.25) is 0 Å². The summed E-state index contributed by atoms with van der Waals surface area (Å²) in [6.45, 7) is 7.00. The SMILES string of the molecule is Cc1ccc(OCC(=O)N(CCCN2CCOCC2)c2nc(-c3ccccc3)cs2)cc1. The van der Waals surface area contributed by atoms with E-state index in [4.69, 9.17) is 14.5 Å². The van der Waals surface area contributed by atoms with Crippen LogP contribution in [0, 0.1) is 6.92 Å². The van der Waals surface area contributed by atoms with Crippen LogP contribution >= 0.6 is 11.3 Å². The molecular formula is C25H29N3O3S. The average molecular weight is 452 g/mol. The summed E-state index contributed by atoms with van der Waals surface area (Å²) in [6.07, 6.45) is 0.872. The summed E-state index contributed by atoms with van der Waals surface area (Å²) in [5, 5.41) is 2.72. The lowest BCUT2D eigenvalue weighted by molar-refractivity contribution is -0.120. The van der Waals surface area contributed by atoms with Gasteiger partial charge in [0.25, 0.3) is 5.91 Å². The third-order valence-electron chi connectivity index (χ3n) is 5.44. The van der Waals surface area contributed by atoms with Crippen molar-refractivity contribution in [1.29, 1.82) is 0 Å². The number of anilines is 1. The lowest BCUT2D eigenvalue weighted by atomic mass is 10.2. The second kappa shape index (κ2) is 11.2. The third kappa shape index (κ3) is 6.16. The molecule has 1 amide bonds. The minimum atomic E-state index is -0.0819. The molecule has 3 aromatic rings. The Morgan fingerprint density at radius 3 is 2.62 bits per heavy atom. The molecule has 6 nitrogen and oxygen atoms in total. The predicted octanol–water partition coefficient (Wildman–Crippen LogP) is 4.25. The first-order valence-electron chi connectivity index (χ1n) is 11.0. The van der Waals surface area contributed by atoms with Crippen molar-refractivity contribution >= 4 is 22.4 Å². The van der Waals surface area contributed by atoms with E-state index in [-0.39, 0.29) is 12.5 Å². The van der Waals surface area contributed by atoms with Gasteiger partial charge >= 0.3 is 0 Å². The topological polar surface area (TPSA) is 54.9 Å². The Bertz CT molecular complexity index is 985. The van der Waals surface area contributed by atoms with Crippen LogP contribution in [0.15, 0.2) is 60.0 Å². The number of aryl methyl sites for hydroxylation is 1. The zero-order chi connectivity index (χ0) is 22.2. The zero-order valence-corrected chi connectivity index (χ0v) is 19.2. The summed E-state index contributed by atoms with van der Waals surface area (Å²) in [5.74, 6) is 0.614. The maximum atomic E-state index is 13.1. The fourth-order valence-corrected chi connectivity index (χ4v) is 4.47. The first kappa shape index (κ1) is 22.5. The Morgan fingerprint density at radius 1 is 1.12 bits per heavy atom. The van der Waals surface area contributed by atoms with Crippen LogP contribution in [0.25, 0.3) is 11.3 Å². The van der Waals surface area contributed by atoms with Gasteiger partial charge in [0.1, 0.15) is 5.75 Å². The van der Waals surface area contributed by atoms with Crippen LogP contribution in [0.2, 0.25) is 0 Å². The Hall–Kier alpha value is -2.74. The second-order valence-corrected chi connectivity index (χ2v) is 8.67. The van der Waals surface area contributed by atoms with E-state index in [2.05, 4.69) is 4.90 Å². The fraction of sp³-hybridized carbons (Fsp3) is 0.360. The molecule has 0 aliphatic carbocycles. The van der Waals surface area contributed by atoms with Crippen LogP contribution in [0.1, 0.15) is 12.0 Å². The Labute approximate surface area is 193 Å². The van der Waals surface area contributed by atoms with Gasteiger partial charge in [-0.15, -0.1) is 11.3 Å². The van der Waals surface area contributed by atoms with Crippen molar-refractivity contribution in [2.24, 2.45) is 0 Å². The number of morpholine rings is 1. The summed E-state index contributed by atoms with van der Waals surface area (Å²) in [5.41, 5.74) is 3.09. The van der Waals surface area contributed by atoms with E-state index in [9.17, 15) is 4.79 Å². The van der Waals surface area contributed by atoms with E-state index < -0.39 is 0 Å². The van der Waals surface area contributed by atoms with E-state index in [1.807, 2.05) is 66.9 Å². The van der Waals surface area contributed by atoms with Gasteiger partial charge < -0.3 is 9.47 Å². The van der Waals surface area contributed by atoms with Crippen molar-refractivity contribution in [3.63, 3.8) is 0 Å². The predicted molar refractivity (Wildman–Crippen MR) is 128 cm³/mol. The number of amides is 1. The maximum Gasteiger partial charge on any atom is 0.266 e. The smallest absolute Gasteiger partial charge is 0.266 e. The first-order chi connectivity index (χ1) is 15.7. The Balaban J connectivity index is 1.43. The Kier molecular flexibility index (Phi) is 7.87. The van der Waals surface area contributed by atoms with Gasteiger partial charge in [-0.2, -0.15) is 0 Å². The van der Waals surface area contributed by atoms with Crippen LogP contribution in [0.4, 0.5) is 5.13 Å². The highest BCUT2D eigenvalue weighted by molar-refractivity contribution is 7.14. The molecule has 1 fully saturated rings. The van der Waals surface area contributed by atoms with Crippen LogP contribution < -0.4 is 9.64 Å².